The van der Waals surface area contributed by atoms with Crippen LogP contribution in [-0.4, -0.2) is 64.6 Å². The van der Waals surface area contributed by atoms with Crippen LogP contribution in [0, 0.1) is 0 Å². The molecule has 1 aromatic rings. The third-order valence-corrected chi connectivity index (χ3v) is 5.37. The number of hydrogen-bond donors (Lipinski definition) is 1. The molecule has 1 saturated heterocycles. The molecule has 0 bridgehead atoms. The summed E-state index contributed by atoms with van der Waals surface area (Å²) in [4.78, 5) is 28.7. The lowest BCUT2D eigenvalue weighted by Gasteiger charge is -2.32. The second-order valence-corrected chi connectivity index (χ2v) is 8.38. The van der Waals surface area contributed by atoms with Gasteiger partial charge >= 0.3 is 11.8 Å². The van der Waals surface area contributed by atoms with Crippen molar-refractivity contribution in [3.63, 3.8) is 0 Å². The molecule has 2 aliphatic heterocycles. The Balaban J connectivity index is 1.78. The largest absolute Gasteiger partial charge is 0.332 e. The van der Waals surface area contributed by atoms with Gasteiger partial charge in [-0.1, -0.05) is 0 Å². The molecule has 0 saturated carbocycles. The maximum Gasteiger partial charge on any atom is 0.315 e. The minimum Gasteiger partial charge on any atom is -0.332 e. The fourth-order valence-corrected chi connectivity index (χ4v) is 3.98. The highest BCUT2D eigenvalue weighted by Gasteiger charge is 2.31. The number of nitrogens with zero attached hydrogens (tertiary/aromatic N) is 4. The van der Waals surface area contributed by atoms with Crippen molar-refractivity contribution in [3.8, 4) is 0 Å². The number of aromatic nitrogens is 2. The molecule has 7 nitrogen and oxygen atoms in total. The molecule has 24 heavy (non-hydrogen) atoms. The summed E-state index contributed by atoms with van der Waals surface area (Å²) in [6, 6.07) is 0. The van der Waals surface area contributed by atoms with E-state index in [4.69, 9.17) is 0 Å². The van der Waals surface area contributed by atoms with Crippen LogP contribution >= 0.6 is 11.8 Å². The first-order valence-electron chi connectivity index (χ1n) is 8.25. The average Bonchev–Trinajstić information content (AvgIpc) is 3.09. The van der Waals surface area contributed by atoms with Crippen LogP contribution in [0.3, 0.4) is 0 Å². The summed E-state index contributed by atoms with van der Waals surface area (Å²) in [5, 5.41) is 7.50. The Morgan fingerprint density at radius 3 is 2.42 bits per heavy atom. The van der Waals surface area contributed by atoms with Crippen LogP contribution < -0.4 is 5.32 Å². The standard InChI is InChI=1S/C16H25N5O2S/c1-16(2,3)21-13(11-9-24-10-12(11)18-21)17-14(22)15(23)20-7-5-19(4)6-8-20/h5-10H2,1-4H3,(H,17,22). The van der Waals surface area contributed by atoms with Gasteiger partial charge in [0, 0.05) is 43.2 Å². The van der Waals surface area contributed by atoms with Gasteiger partial charge in [0.25, 0.3) is 0 Å². The number of nitrogens with one attached hydrogen (secondary N) is 1. The molecule has 0 atom stereocenters. The van der Waals surface area contributed by atoms with Gasteiger partial charge in [-0.05, 0) is 27.8 Å². The number of carbonyl (C=O) groups is 2. The molecule has 3 rings (SSSR count). The van der Waals surface area contributed by atoms with Gasteiger partial charge in [-0.2, -0.15) is 16.9 Å². The van der Waals surface area contributed by atoms with Gasteiger partial charge in [-0.3, -0.25) is 9.59 Å². The molecule has 8 heteroatoms. The Morgan fingerprint density at radius 2 is 1.79 bits per heavy atom. The molecule has 0 spiro atoms. The lowest BCUT2D eigenvalue weighted by molar-refractivity contribution is -0.144. The zero-order valence-corrected chi connectivity index (χ0v) is 15.6. The normalized spacial score (nSPS) is 18.6. The van der Waals surface area contributed by atoms with E-state index < -0.39 is 11.8 Å². The lowest BCUT2D eigenvalue weighted by Crippen LogP contribution is -2.50. The first kappa shape index (κ1) is 17.3. The number of carbonyl (C=O) groups excluding carboxylic acids is 2. The molecular weight excluding hydrogens is 326 g/mol. The lowest BCUT2D eigenvalue weighted by atomic mass is 10.1. The van der Waals surface area contributed by atoms with Gasteiger partial charge in [0.05, 0.1) is 11.2 Å². The summed E-state index contributed by atoms with van der Waals surface area (Å²) < 4.78 is 1.84. The van der Waals surface area contributed by atoms with E-state index in [-0.39, 0.29) is 5.54 Å². The predicted octanol–water partition coefficient (Wildman–Crippen LogP) is 1.10. The third-order valence-electron chi connectivity index (χ3n) is 4.40. The van der Waals surface area contributed by atoms with Crippen LogP contribution in [0.25, 0.3) is 0 Å². The summed E-state index contributed by atoms with van der Waals surface area (Å²) in [6.07, 6.45) is 0. The van der Waals surface area contributed by atoms with E-state index in [1.807, 2.05) is 32.5 Å². The highest BCUT2D eigenvalue weighted by atomic mass is 32.2. The van der Waals surface area contributed by atoms with E-state index in [1.54, 1.807) is 16.7 Å². The fraction of sp³-hybridized carbons (Fsp3) is 0.688. The maximum atomic E-state index is 12.5. The Hall–Kier alpha value is -1.54. The first-order valence-corrected chi connectivity index (χ1v) is 9.40. The average molecular weight is 351 g/mol. The molecule has 2 aliphatic rings. The molecule has 1 N–H and O–H groups in total. The van der Waals surface area contributed by atoms with Crippen molar-refractivity contribution in [2.45, 2.75) is 37.8 Å². The number of anilines is 1. The smallest absolute Gasteiger partial charge is 0.315 e. The zero-order chi connectivity index (χ0) is 17.5. The van der Waals surface area contributed by atoms with Crippen molar-refractivity contribution < 1.29 is 9.59 Å². The number of likely N-dealkylation sites (N-methyl/N-ethyl adjacent to an activating group) is 1. The minimum atomic E-state index is -0.565. The van der Waals surface area contributed by atoms with Crippen molar-refractivity contribution in [1.29, 1.82) is 0 Å². The summed E-state index contributed by atoms with van der Waals surface area (Å²) in [6.45, 7) is 8.90. The molecule has 3 heterocycles. The number of rotatable bonds is 1. The third kappa shape index (κ3) is 3.30. The molecule has 0 aliphatic carbocycles. The number of fused-ring (bicyclic) bond motifs is 1. The van der Waals surface area contributed by atoms with Crippen molar-refractivity contribution in [1.82, 2.24) is 19.6 Å². The topological polar surface area (TPSA) is 70.5 Å². The highest BCUT2D eigenvalue weighted by Crippen LogP contribution is 2.37. The van der Waals surface area contributed by atoms with Crippen molar-refractivity contribution >= 4 is 29.4 Å². The number of piperazine rings is 1. The van der Waals surface area contributed by atoms with Gasteiger partial charge < -0.3 is 15.1 Å². The number of hydrogen-bond acceptors (Lipinski definition) is 5. The van der Waals surface area contributed by atoms with Crippen LogP contribution in [-0.2, 0) is 26.6 Å². The summed E-state index contributed by atoms with van der Waals surface area (Å²) in [7, 11) is 2.02. The van der Waals surface area contributed by atoms with Crippen molar-refractivity contribution in [3.05, 3.63) is 11.3 Å². The highest BCUT2D eigenvalue weighted by molar-refractivity contribution is 7.98. The minimum absolute atomic E-state index is 0.255. The van der Waals surface area contributed by atoms with Crippen LogP contribution in [0.2, 0.25) is 0 Å². The SMILES string of the molecule is CN1CCN(C(=O)C(=O)Nc2c3c(nn2C(C)(C)C)CSC3)CC1. The zero-order valence-electron chi connectivity index (χ0n) is 14.8. The Labute approximate surface area is 146 Å². The van der Waals surface area contributed by atoms with Crippen LogP contribution in [0.5, 0.6) is 0 Å². The second-order valence-electron chi connectivity index (χ2n) is 7.40. The van der Waals surface area contributed by atoms with Crippen LogP contribution in [0.15, 0.2) is 0 Å². The Bertz CT molecular complexity index is 656. The molecule has 0 aromatic carbocycles. The second kappa shape index (κ2) is 6.40. The predicted molar refractivity (Wildman–Crippen MR) is 94.9 cm³/mol. The molecule has 0 radical (unpaired) electrons. The fourth-order valence-electron chi connectivity index (χ4n) is 2.94. The van der Waals surface area contributed by atoms with Gasteiger partial charge in [-0.15, -0.1) is 0 Å². The molecule has 1 fully saturated rings. The number of thioether (sulfide) groups is 1. The number of amides is 2. The van der Waals surface area contributed by atoms with E-state index in [1.165, 1.54) is 0 Å². The van der Waals surface area contributed by atoms with Crippen LogP contribution in [0.4, 0.5) is 5.82 Å². The van der Waals surface area contributed by atoms with Gasteiger partial charge in [-0.25, -0.2) is 4.68 Å². The quantitative estimate of drug-likeness (QED) is 0.767. The van der Waals surface area contributed by atoms with E-state index in [0.717, 1.165) is 35.9 Å². The maximum absolute atomic E-state index is 12.5. The monoisotopic (exact) mass is 351 g/mol. The van der Waals surface area contributed by atoms with Gasteiger partial charge in [0.2, 0.25) is 0 Å². The van der Waals surface area contributed by atoms with E-state index in [0.29, 0.717) is 18.9 Å². The summed E-state index contributed by atoms with van der Waals surface area (Å²) in [5.41, 5.74) is 1.81. The Kier molecular flexibility index (Phi) is 4.61. The first-order chi connectivity index (χ1) is 11.3. The van der Waals surface area contributed by atoms with Crippen molar-refractivity contribution in [2.24, 2.45) is 0 Å². The summed E-state index contributed by atoms with van der Waals surface area (Å²) in [5.74, 6) is 1.33. The Morgan fingerprint density at radius 1 is 1.12 bits per heavy atom. The molecule has 0 unspecified atom stereocenters. The van der Waals surface area contributed by atoms with E-state index in [2.05, 4.69) is 15.3 Å². The van der Waals surface area contributed by atoms with Gasteiger partial charge in [0.1, 0.15) is 5.82 Å². The molecule has 132 valence electrons. The molecular formula is C16H25N5O2S. The molecule has 1 aromatic heterocycles. The van der Waals surface area contributed by atoms with Crippen molar-refractivity contribution in [2.75, 3.05) is 38.5 Å². The van der Waals surface area contributed by atoms with E-state index in [9.17, 15) is 9.59 Å². The van der Waals surface area contributed by atoms with E-state index >= 15 is 0 Å². The van der Waals surface area contributed by atoms with Crippen LogP contribution in [0.1, 0.15) is 32.0 Å². The summed E-state index contributed by atoms with van der Waals surface area (Å²) >= 11 is 1.78. The molecule has 2 amide bonds. The van der Waals surface area contributed by atoms with Gasteiger partial charge in [0.15, 0.2) is 0 Å².